The van der Waals surface area contributed by atoms with Crippen LogP contribution in [0.15, 0.2) is 6.07 Å². The highest BCUT2D eigenvalue weighted by molar-refractivity contribution is 6.18. The molecule has 0 bridgehead atoms. The number of rotatable bonds is 3. The van der Waals surface area contributed by atoms with Gasteiger partial charge in [0.2, 0.25) is 5.95 Å². The maximum atomic E-state index is 6.00. The van der Waals surface area contributed by atoms with Crippen LogP contribution in [-0.2, 0) is 0 Å². The summed E-state index contributed by atoms with van der Waals surface area (Å²) in [7, 11) is 0. The van der Waals surface area contributed by atoms with Crippen LogP contribution >= 0.6 is 11.6 Å². The molecule has 0 amide bonds. The number of nitrogens with zero attached hydrogens (tertiary/aromatic N) is 3. The van der Waals surface area contributed by atoms with Crippen LogP contribution in [0.5, 0.6) is 0 Å². The number of aryl methyl sites for hydroxylation is 1. The van der Waals surface area contributed by atoms with Crippen molar-refractivity contribution in [3.63, 3.8) is 0 Å². The number of alkyl halides is 1. The van der Waals surface area contributed by atoms with Crippen molar-refractivity contribution in [2.75, 3.05) is 17.3 Å². The maximum Gasteiger partial charge on any atom is 0.226 e. The lowest BCUT2D eigenvalue weighted by Crippen LogP contribution is -2.32. The van der Waals surface area contributed by atoms with Crippen LogP contribution in [0.25, 0.3) is 0 Å². The van der Waals surface area contributed by atoms with Crippen molar-refractivity contribution in [3.8, 4) is 0 Å². The smallest absolute Gasteiger partial charge is 0.226 e. The minimum Gasteiger partial charge on any atom is -0.337 e. The Morgan fingerprint density at radius 3 is 2.88 bits per heavy atom. The molecule has 94 valence electrons. The molecule has 0 aromatic carbocycles. The van der Waals surface area contributed by atoms with Crippen LogP contribution in [0.4, 0.5) is 5.95 Å². The Morgan fingerprint density at radius 1 is 1.47 bits per heavy atom. The molecule has 2 rings (SSSR count). The minimum atomic E-state index is 0.401. The molecule has 0 radical (unpaired) electrons. The average molecular weight is 254 g/mol. The van der Waals surface area contributed by atoms with Crippen molar-refractivity contribution in [1.29, 1.82) is 0 Å². The molecule has 0 aliphatic carbocycles. The third-order valence-electron chi connectivity index (χ3n) is 3.27. The summed E-state index contributed by atoms with van der Waals surface area (Å²) in [5, 5.41) is 0. The first-order valence-corrected chi connectivity index (χ1v) is 6.83. The molecule has 0 saturated carbocycles. The van der Waals surface area contributed by atoms with Crippen LogP contribution in [0.3, 0.4) is 0 Å². The quantitative estimate of drug-likeness (QED) is 0.775. The van der Waals surface area contributed by atoms with Gasteiger partial charge in [0.05, 0.1) is 0 Å². The Bertz CT molecular complexity index is 392. The van der Waals surface area contributed by atoms with Gasteiger partial charge in [0.25, 0.3) is 0 Å². The maximum absolute atomic E-state index is 6.00. The molecule has 1 aliphatic heterocycles. The van der Waals surface area contributed by atoms with Gasteiger partial charge in [-0.25, -0.2) is 9.97 Å². The van der Waals surface area contributed by atoms with Crippen LogP contribution in [0.2, 0.25) is 0 Å². The van der Waals surface area contributed by atoms with Crippen molar-refractivity contribution in [1.82, 2.24) is 9.97 Å². The normalized spacial score (nSPS) is 20.3. The summed E-state index contributed by atoms with van der Waals surface area (Å²) in [6.45, 7) is 7.38. The zero-order valence-corrected chi connectivity index (χ0v) is 11.5. The summed E-state index contributed by atoms with van der Waals surface area (Å²) in [6, 6.07) is 2.47. The van der Waals surface area contributed by atoms with Crippen LogP contribution in [0.1, 0.15) is 44.0 Å². The molecule has 0 spiro atoms. The van der Waals surface area contributed by atoms with E-state index in [1.807, 2.05) is 6.92 Å². The molecule has 2 heterocycles. The van der Waals surface area contributed by atoms with E-state index in [9.17, 15) is 0 Å². The van der Waals surface area contributed by atoms with E-state index in [4.69, 9.17) is 11.6 Å². The highest BCUT2D eigenvalue weighted by atomic mass is 35.5. The van der Waals surface area contributed by atoms with Gasteiger partial charge in [-0.15, -0.1) is 11.6 Å². The molecule has 17 heavy (non-hydrogen) atoms. The van der Waals surface area contributed by atoms with E-state index in [1.165, 1.54) is 6.42 Å². The van der Waals surface area contributed by atoms with Gasteiger partial charge in [-0.05, 0) is 31.7 Å². The number of hydrogen-bond donors (Lipinski definition) is 0. The van der Waals surface area contributed by atoms with Crippen molar-refractivity contribution in [2.45, 2.75) is 45.6 Å². The van der Waals surface area contributed by atoms with E-state index in [0.29, 0.717) is 17.8 Å². The molecular formula is C13H20ClN3. The molecule has 3 nitrogen and oxygen atoms in total. The molecule has 1 aromatic heterocycles. The second-order valence-corrected chi connectivity index (χ2v) is 5.34. The molecule has 1 atom stereocenters. The summed E-state index contributed by atoms with van der Waals surface area (Å²) in [6.07, 6.45) is 2.34. The third kappa shape index (κ3) is 2.71. The first-order valence-electron chi connectivity index (χ1n) is 6.30. The SMILES string of the molecule is Cc1cc(C(C)C)nc(N2CCCC2CCl)n1. The Labute approximate surface area is 108 Å². The van der Waals surface area contributed by atoms with Crippen LogP contribution in [-0.4, -0.2) is 28.4 Å². The zero-order chi connectivity index (χ0) is 12.4. The fourth-order valence-electron chi connectivity index (χ4n) is 2.26. The molecular weight excluding hydrogens is 234 g/mol. The lowest BCUT2D eigenvalue weighted by molar-refractivity contribution is 0.710. The summed E-state index contributed by atoms with van der Waals surface area (Å²) in [4.78, 5) is 11.5. The molecule has 1 unspecified atom stereocenters. The monoisotopic (exact) mass is 253 g/mol. The topological polar surface area (TPSA) is 29.0 Å². The van der Waals surface area contributed by atoms with Gasteiger partial charge >= 0.3 is 0 Å². The van der Waals surface area contributed by atoms with Crippen LogP contribution < -0.4 is 4.90 Å². The van der Waals surface area contributed by atoms with Crippen LogP contribution in [0, 0.1) is 6.92 Å². The van der Waals surface area contributed by atoms with Gasteiger partial charge in [0.15, 0.2) is 0 Å². The molecule has 4 heteroatoms. The summed E-state index contributed by atoms with van der Waals surface area (Å²) in [5.41, 5.74) is 2.16. The van der Waals surface area contributed by atoms with Gasteiger partial charge in [0.1, 0.15) is 0 Å². The van der Waals surface area contributed by atoms with Crippen molar-refractivity contribution in [2.24, 2.45) is 0 Å². The Hall–Kier alpha value is -0.830. The molecule has 1 saturated heterocycles. The Morgan fingerprint density at radius 2 is 2.24 bits per heavy atom. The molecule has 1 aliphatic rings. The zero-order valence-electron chi connectivity index (χ0n) is 10.8. The summed E-state index contributed by atoms with van der Waals surface area (Å²) < 4.78 is 0. The molecule has 0 N–H and O–H groups in total. The summed E-state index contributed by atoms with van der Waals surface area (Å²) >= 11 is 6.00. The van der Waals surface area contributed by atoms with E-state index >= 15 is 0 Å². The molecule has 1 aromatic rings. The minimum absolute atomic E-state index is 0.401. The van der Waals surface area contributed by atoms with E-state index in [0.717, 1.165) is 30.3 Å². The number of aromatic nitrogens is 2. The number of hydrogen-bond acceptors (Lipinski definition) is 3. The predicted octanol–water partition coefficient (Wildman–Crippen LogP) is 3.12. The largest absolute Gasteiger partial charge is 0.337 e. The fourth-order valence-corrected chi connectivity index (χ4v) is 2.58. The second-order valence-electron chi connectivity index (χ2n) is 5.03. The van der Waals surface area contributed by atoms with Gasteiger partial charge < -0.3 is 4.90 Å². The highest BCUT2D eigenvalue weighted by Gasteiger charge is 2.26. The van der Waals surface area contributed by atoms with Crippen molar-refractivity contribution >= 4 is 17.5 Å². The van der Waals surface area contributed by atoms with E-state index in [-0.39, 0.29) is 0 Å². The van der Waals surface area contributed by atoms with E-state index in [1.54, 1.807) is 0 Å². The van der Waals surface area contributed by atoms with Crippen molar-refractivity contribution in [3.05, 3.63) is 17.5 Å². The van der Waals surface area contributed by atoms with Gasteiger partial charge in [-0.3, -0.25) is 0 Å². The van der Waals surface area contributed by atoms with Gasteiger partial charge in [0, 0.05) is 29.9 Å². The fraction of sp³-hybridized carbons (Fsp3) is 0.692. The van der Waals surface area contributed by atoms with Gasteiger partial charge in [-0.2, -0.15) is 0 Å². The highest BCUT2D eigenvalue weighted by Crippen LogP contribution is 2.25. The Kier molecular flexibility index (Phi) is 3.87. The lowest BCUT2D eigenvalue weighted by Gasteiger charge is -2.24. The predicted molar refractivity (Wildman–Crippen MR) is 71.9 cm³/mol. The lowest BCUT2D eigenvalue weighted by atomic mass is 10.1. The third-order valence-corrected chi connectivity index (χ3v) is 3.62. The first-order chi connectivity index (χ1) is 8.11. The molecule has 1 fully saturated rings. The van der Waals surface area contributed by atoms with E-state index < -0.39 is 0 Å². The van der Waals surface area contributed by atoms with Gasteiger partial charge in [-0.1, -0.05) is 13.8 Å². The second kappa shape index (κ2) is 5.21. The Balaban J connectivity index is 2.31. The standard InChI is InChI=1S/C13H20ClN3/c1-9(2)12-7-10(3)15-13(16-12)17-6-4-5-11(17)8-14/h7,9,11H,4-6,8H2,1-3H3. The van der Waals surface area contributed by atoms with Crippen molar-refractivity contribution < 1.29 is 0 Å². The summed E-state index contributed by atoms with van der Waals surface area (Å²) in [5.74, 6) is 1.96. The first kappa shape index (κ1) is 12.6. The van der Waals surface area contributed by atoms with E-state index in [2.05, 4.69) is 34.8 Å². The average Bonchev–Trinajstić information content (AvgIpc) is 2.76. The number of halogens is 1. The number of anilines is 1.